The number of hydrogen-bond donors (Lipinski definition) is 2. The predicted molar refractivity (Wildman–Crippen MR) is 106 cm³/mol. The Morgan fingerprint density at radius 1 is 1.23 bits per heavy atom. The van der Waals surface area contributed by atoms with E-state index in [0.717, 1.165) is 38.8 Å². The number of benzene rings is 1. The van der Waals surface area contributed by atoms with E-state index in [9.17, 15) is 9.59 Å². The Hall–Kier alpha value is -1.59. The number of likely N-dealkylation sites (tertiary alicyclic amines) is 1. The summed E-state index contributed by atoms with van der Waals surface area (Å²) in [7, 11) is 0. The first-order valence-electron chi connectivity index (χ1n) is 9.38. The third-order valence-electron chi connectivity index (χ3n) is 5.63. The zero-order valence-electron chi connectivity index (χ0n) is 15.7. The highest BCUT2D eigenvalue weighted by molar-refractivity contribution is 5.95. The Kier molecular flexibility index (Phi) is 7.07. The lowest BCUT2D eigenvalue weighted by molar-refractivity contribution is -0.133. The van der Waals surface area contributed by atoms with Crippen molar-refractivity contribution < 1.29 is 9.59 Å². The molecule has 0 bridgehead atoms. The fourth-order valence-corrected chi connectivity index (χ4v) is 3.95. The normalized spacial score (nSPS) is 28.8. The number of carbonyl (C=O) groups excluding carboxylic acids is 2. The molecule has 1 aromatic carbocycles. The van der Waals surface area contributed by atoms with Crippen LogP contribution >= 0.6 is 12.4 Å². The Labute approximate surface area is 162 Å². The third kappa shape index (κ3) is 4.57. The molecule has 26 heavy (non-hydrogen) atoms. The zero-order chi connectivity index (χ0) is 17.9. The maximum absolute atomic E-state index is 13.0. The van der Waals surface area contributed by atoms with Crippen LogP contribution in [0, 0.1) is 5.41 Å². The molecule has 1 aromatic rings. The molecule has 0 aliphatic carbocycles. The van der Waals surface area contributed by atoms with Gasteiger partial charge in [-0.3, -0.25) is 9.59 Å². The van der Waals surface area contributed by atoms with Gasteiger partial charge in [0.1, 0.15) is 0 Å². The van der Waals surface area contributed by atoms with Crippen LogP contribution in [0.2, 0.25) is 0 Å². The van der Waals surface area contributed by atoms with Crippen molar-refractivity contribution in [3.05, 3.63) is 35.9 Å². The Morgan fingerprint density at radius 3 is 2.65 bits per heavy atom. The molecule has 3 atom stereocenters. The highest BCUT2D eigenvalue weighted by Gasteiger charge is 2.40. The van der Waals surface area contributed by atoms with Crippen molar-refractivity contribution in [3.8, 4) is 0 Å². The quantitative estimate of drug-likeness (QED) is 0.848. The van der Waals surface area contributed by atoms with Gasteiger partial charge < -0.3 is 15.5 Å². The van der Waals surface area contributed by atoms with Crippen LogP contribution in [-0.4, -0.2) is 48.4 Å². The molecule has 2 saturated heterocycles. The Bertz CT molecular complexity index is 625. The topological polar surface area (TPSA) is 61.4 Å². The SMILES string of the molecule is CC1NCCCC1NC(=O)C1(C)CCCN(C(=O)c2ccccc2)C1.Cl. The van der Waals surface area contributed by atoms with Gasteiger partial charge in [-0.05, 0) is 58.2 Å². The molecular formula is C20H30ClN3O2. The van der Waals surface area contributed by atoms with Gasteiger partial charge in [0, 0.05) is 30.7 Å². The molecule has 3 unspecified atom stereocenters. The van der Waals surface area contributed by atoms with Gasteiger partial charge in [0.15, 0.2) is 0 Å². The van der Waals surface area contributed by atoms with E-state index in [1.165, 1.54) is 0 Å². The van der Waals surface area contributed by atoms with Crippen molar-refractivity contribution >= 4 is 24.2 Å². The maximum Gasteiger partial charge on any atom is 0.253 e. The van der Waals surface area contributed by atoms with E-state index in [2.05, 4.69) is 17.6 Å². The van der Waals surface area contributed by atoms with E-state index < -0.39 is 5.41 Å². The summed E-state index contributed by atoms with van der Waals surface area (Å²) in [5.41, 5.74) is 0.178. The monoisotopic (exact) mass is 379 g/mol. The summed E-state index contributed by atoms with van der Waals surface area (Å²) in [4.78, 5) is 27.5. The Balaban J connectivity index is 0.00000243. The van der Waals surface area contributed by atoms with Crippen molar-refractivity contribution in [1.82, 2.24) is 15.5 Å². The molecule has 0 aromatic heterocycles. The summed E-state index contributed by atoms with van der Waals surface area (Å²) < 4.78 is 0. The van der Waals surface area contributed by atoms with E-state index in [0.29, 0.717) is 18.2 Å². The van der Waals surface area contributed by atoms with Gasteiger partial charge in [0.2, 0.25) is 5.91 Å². The van der Waals surface area contributed by atoms with Gasteiger partial charge in [0.05, 0.1) is 5.41 Å². The summed E-state index contributed by atoms with van der Waals surface area (Å²) in [6.07, 6.45) is 3.79. The third-order valence-corrected chi connectivity index (χ3v) is 5.63. The molecule has 2 aliphatic rings. The summed E-state index contributed by atoms with van der Waals surface area (Å²) in [5, 5.41) is 6.66. The van der Waals surface area contributed by atoms with Gasteiger partial charge in [-0.25, -0.2) is 0 Å². The van der Waals surface area contributed by atoms with Crippen LogP contribution in [0.1, 0.15) is 49.9 Å². The summed E-state index contributed by atoms with van der Waals surface area (Å²) >= 11 is 0. The van der Waals surface area contributed by atoms with Crippen LogP contribution in [-0.2, 0) is 4.79 Å². The molecule has 2 fully saturated rings. The Morgan fingerprint density at radius 2 is 1.96 bits per heavy atom. The van der Waals surface area contributed by atoms with Crippen molar-refractivity contribution in [2.45, 2.75) is 51.6 Å². The number of amides is 2. The molecule has 5 nitrogen and oxygen atoms in total. The summed E-state index contributed by atoms with van der Waals surface area (Å²) in [6, 6.07) is 9.81. The minimum absolute atomic E-state index is 0. The van der Waals surface area contributed by atoms with E-state index in [-0.39, 0.29) is 30.3 Å². The van der Waals surface area contributed by atoms with Crippen LogP contribution in [0.5, 0.6) is 0 Å². The van der Waals surface area contributed by atoms with Gasteiger partial charge in [-0.2, -0.15) is 0 Å². The van der Waals surface area contributed by atoms with Crippen LogP contribution in [0.25, 0.3) is 0 Å². The summed E-state index contributed by atoms with van der Waals surface area (Å²) in [6.45, 7) is 6.34. The predicted octanol–water partition coefficient (Wildman–Crippen LogP) is 2.61. The molecule has 6 heteroatoms. The van der Waals surface area contributed by atoms with Crippen molar-refractivity contribution in [3.63, 3.8) is 0 Å². The lowest BCUT2D eigenvalue weighted by atomic mass is 9.80. The number of carbonyl (C=O) groups is 2. The van der Waals surface area contributed by atoms with Gasteiger partial charge in [-0.15, -0.1) is 12.4 Å². The van der Waals surface area contributed by atoms with Crippen molar-refractivity contribution in [2.24, 2.45) is 5.41 Å². The molecule has 2 aliphatic heterocycles. The first-order valence-corrected chi connectivity index (χ1v) is 9.38. The molecule has 0 saturated carbocycles. The number of nitrogens with one attached hydrogen (secondary N) is 2. The van der Waals surface area contributed by atoms with Crippen LogP contribution in [0.4, 0.5) is 0 Å². The number of hydrogen-bond acceptors (Lipinski definition) is 3. The zero-order valence-corrected chi connectivity index (χ0v) is 16.5. The van der Waals surface area contributed by atoms with Crippen molar-refractivity contribution in [1.29, 1.82) is 0 Å². The second-order valence-corrected chi connectivity index (χ2v) is 7.72. The van der Waals surface area contributed by atoms with E-state index in [1.54, 1.807) is 0 Å². The lowest BCUT2D eigenvalue weighted by Crippen LogP contribution is -2.58. The molecule has 2 N–H and O–H groups in total. The largest absolute Gasteiger partial charge is 0.351 e. The van der Waals surface area contributed by atoms with E-state index >= 15 is 0 Å². The fourth-order valence-electron chi connectivity index (χ4n) is 3.95. The van der Waals surface area contributed by atoms with Gasteiger partial charge >= 0.3 is 0 Å². The second-order valence-electron chi connectivity index (χ2n) is 7.72. The van der Waals surface area contributed by atoms with Gasteiger partial charge in [0.25, 0.3) is 5.91 Å². The average Bonchev–Trinajstić information content (AvgIpc) is 2.63. The molecule has 2 amide bonds. The average molecular weight is 380 g/mol. The highest BCUT2D eigenvalue weighted by Crippen LogP contribution is 2.31. The first kappa shape index (κ1) is 20.7. The molecular weight excluding hydrogens is 350 g/mol. The molecule has 0 spiro atoms. The van der Waals surface area contributed by atoms with Crippen LogP contribution in [0.15, 0.2) is 30.3 Å². The van der Waals surface area contributed by atoms with Crippen LogP contribution < -0.4 is 10.6 Å². The van der Waals surface area contributed by atoms with Gasteiger partial charge in [-0.1, -0.05) is 18.2 Å². The van der Waals surface area contributed by atoms with Crippen LogP contribution in [0.3, 0.4) is 0 Å². The van der Waals surface area contributed by atoms with Crippen molar-refractivity contribution in [2.75, 3.05) is 19.6 Å². The fraction of sp³-hybridized carbons (Fsp3) is 0.600. The molecule has 0 radical (unpaired) electrons. The molecule has 144 valence electrons. The number of piperidine rings is 2. The second kappa shape index (κ2) is 8.87. The smallest absolute Gasteiger partial charge is 0.253 e. The van der Waals surface area contributed by atoms with E-state index in [4.69, 9.17) is 0 Å². The standard InChI is InChI=1S/C20H29N3O2.ClH/c1-15-17(10-6-12-21-15)22-19(25)20(2)11-7-13-23(14-20)18(24)16-8-4-3-5-9-16;/h3-5,8-9,15,17,21H,6-7,10-14H2,1-2H3,(H,22,25);1H. The van der Waals surface area contributed by atoms with E-state index in [1.807, 2.05) is 42.2 Å². The maximum atomic E-state index is 13.0. The highest BCUT2D eigenvalue weighted by atomic mass is 35.5. The summed E-state index contributed by atoms with van der Waals surface area (Å²) in [5.74, 6) is 0.102. The molecule has 2 heterocycles. The first-order chi connectivity index (χ1) is 12.0. The minimum Gasteiger partial charge on any atom is -0.351 e. The molecule has 3 rings (SSSR count). The number of halogens is 1. The number of nitrogens with zero attached hydrogens (tertiary/aromatic N) is 1. The minimum atomic E-state index is -0.514. The number of rotatable bonds is 3. The lowest BCUT2D eigenvalue weighted by Gasteiger charge is -2.41.